The second kappa shape index (κ2) is 4.32. The molecule has 0 rings (SSSR count). The fourth-order valence-corrected chi connectivity index (χ4v) is 2.06. The molecule has 0 saturated heterocycles. The molecule has 0 nitrogen and oxygen atoms in total. The Balaban J connectivity index is 3.10. The van der Waals surface area contributed by atoms with Crippen LogP contribution in [-0.2, 0) is 0 Å². The Morgan fingerprint density at radius 1 is 1.25 bits per heavy atom. The van der Waals surface area contributed by atoms with E-state index >= 15 is 0 Å². The summed E-state index contributed by atoms with van der Waals surface area (Å²) in [5.74, 6) is 0. The Hall–Kier alpha value is 0.430. The molecule has 0 aromatic rings. The summed E-state index contributed by atoms with van der Waals surface area (Å²) < 4.78 is 0. The first-order valence-electron chi connectivity index (χ1n) is 3.42. The van der Waals surface area contributed by atoms with E-state index in [0.29, 0.717) is 0 Å². The Bertz CT molecular complexity index is 50.3. The quantitative estimate of drug-likeness (QED) is 0.518. The van der Waals surface area contributed by atoms with E-state index in [9.17, 15) is 0 Å². The summed E-state index contributed by atoms with van der Waals surface area (Å²) in [7, 11) is 1.16. The van der Waals surface area contributed by atoms with Gasteiger partial charge in [-0.05, 0) is 17.7 Å². The topological polar surface area (TPSA) is 0 Å². The zero-order valence-electron chi connectivity index (χ0n) is 6.36. The van der Waals surface area contributed by atoms with Gasteiger partial charge in [-0.25, -0.2) is 0 Å². The first kappa shape index (κ1) is 8.43. The number of hydrogen-bond donors (Lipinski definition) is 0. The highest BCUT2D eigenvalue weighted by Crippen LogP contribution is 2.26. The van der Waals surface area contributed by atoms with Crippen molar-refractivity contribution in [3.63, 3.8) is 0 Å². The van der Waals surface area contributed by atoms with Crippen molar-refractivity contribution in [3.05, 3.63) is 0 Å². The van der Waals surface area contributed by atoms with E-state index in [1.54, 1.807) is 0 Å². The van der Waals surface area contributed by atoms with Crippen LogP contribution in [0.25, 0.3) is 0 Å². The number of rotatable bonds is 3. The predicted octanol–water partition coefficient (Wildman–Crippen LogP) is 2.87. The van der Waals surface area contributed by atoms with Gasteiger partial charge in [0.25, 0.3) is 0 Å². The molecule has 0 fully saturated rings. The van der Waals surface area contributed by atoms with Gasteiger partial charge in [-0.15, -0.1) is 8.58 Å². The van der Waals surface area contributed by atoms with Crippen molar-refractivity contribution >= 4 is 8.58 Å². The van der Waals surface area contributed by atoms with Crippen molar-refractivity contribution in [2.45, 2.75) is 45.4 Å². The highest BCUT2D eigenvalue weighted by Gasteiger charge is 1.99. The van der Waals surface area contributed by atoms with Gasteiger partial charge in [0.1, 0.15) is 0 Å². The molecule has 0 aliphatic heterocycles. The molecule has 0 radical (unpaired) electrons. The minimum atomic E-state index is 0.907. The minimum absolute atomic E-state index is 0.907. The summed E-state index contributed by atoms with van der Waals surface area (Å²) in [6, 6.07) is 0. The standard InChI is InChI=1S/C7H17P/c1-5-7(4)8-6(2)3/h6-8H,5H2,1-4H3. The Morgan fingerprint density at radius 3 is 1.88 bits per heavy atom. The molecule has 0 heterocycles. The molecule has 8 heavy (non-hydrogen) atoms. The van der Waals surface area contributed by atoms with Gasteiger partial charge in [0.2, 0.25) is 0 Å². The lowest BCUT2D eigenvalue weighted by Crippen LogP contribution is -1.95. The van der Waals surface area contributed by atoms with Crippen LogP contribution < -0.4 is 0 Å². The molecule has 0 aromatic carbocycles. The minimum Gasteiger partial charge on any atom is -0.117 e. The molecule has 0 spiro atoms. The van der Waals surface area contributed by atoms with Gasteiger partial charge in [-0.3, -0.25) is 0 Å². The van der Waals surface area contributed by atoms with Crippen LogP contribution in [-0.4, -0.2) is 11.3 Å². The summed E-state index contributed by atoms with van der Waals surface area (Å²) >= 11 is 0. The molecular formula is C7H17P. The predicted molar refractivity (Wildman–Crippen MR) is 43.2 cm³/mol. The van der Waals surface area contributed by atoms with Crippen molar-refractivity contribution < 1.29 is 0 Å². The highest BCUT2D eigenvalue weighted by atomic mass is 31.1. The maximum atomic E-state index is 2.33. The first-order chi connectivity index (χ1) is 3.66. The normalized spacial score (nSPS) is 16.1. The van der Waals surface area contributed by atoms with Gasteiger partial charge in [0, 0.05) is 0 Å². The van der Waals surface area contributed by atoms with E-state index in [1.165, 1.54) is 6.42 Å². The molecule has 0 N–H and O–H groups in total. The lowest BCUT2D eigenvalue weighted by Gasteiger charge is -2.10. The third-order valence-corrected chi connectivity index (χ3v) is 2.87. The van der Waals surface area contributed by atoms with Crippen molar-refractivity contribution in [2.24, 2.45) is 0 Å². The van der Waals surface area contributed by atoms with Gasteiger partial charge < -0.3 is 0 Å². The van der Waals surface area contributed by atoms with Gasteiger partial charge in [-0.1, -0.05) is 27.7 Å². The van der Waals surface area contributed by atoms with Gasteiger partial charge in [-0.2, -0.15) is 0 Å². The lowest BCUT2D eigenvalue weighted by molar-refractivity contribution is 0.886. The zero-order valence-corrected chi connectivity index (χ0v) is 7.36. The summed E-state index contributed by atoms with van der Waals surface area (Å²) in [4.78, 5) is 0. The van der Waals surface area contributed by atoms with Crippen LogP contribution in [0, 0.1) is 0 Å². The van der Waals surface area contributed by atoms with Crippen LogP contribution in [0.2, 0.25) is 0 Å². The molecular weight excluding hydrogens is 115 g/mol. The average Bonchev–Trinajstić information content (AvgIpc) is 1.65. The molecule has 1 heteroatoms. The first-order valence-corrected chi connectivity index (χ1v) is 4.58. The van der Waals surface area contributed by atoms with Crippen LogP contribution in [0.5, 0.6) is 0 Å². The Kier molecular flexibility index (Phi) is 4.56. The van der Waals surface area contributed by atoms with E-state index in [0.717, 1.165) is 19.9 Å². The van der Waals surface area contributed by atoms with Crippen LogP contribution in [0.4, 0.5) is 0 Å². The molecule has 0 aliphatic carbocycles. The summed E-state index contributed by atoms with van der Waals surface area (Å²) in [5, 5.41) is 0. The fraction of sp³-hybridized carbons (Fsp3) is 1.00. The van der Waals surface area contributed by atoms with Crippen LogP contribution in [0.1, 0.15) is 34.1 Å². The van der Waals surface area contributed by atoms with E-state index in [4.69, 9.17) is 0 Å². The van der Waals surface area contributed by atoms with Gasteiger partial charge in [0.15, 0.2) is 0 Å². The molecule has 0 aromatic heterocycles. The zero-order chi connectivity index (χ0) is 6.57. The fourth-order valence-electron chi connectivity index (χ4n) is 0.687. The van der Waals surface area contributed by atoms with Crippen LogP contribution in [0.3, 0.4) is 0 Å². The van der Waals surface area contributed by atoms with E-state index in [1.807, 2.05) is 0 Å². The number of hydrogen-bond acceptors (Lipinski definition) is 0. The maximum Gasteiger partial charge on any atom is -0.0265 e. The molecule has 2 atom stereocenters. The summed E-state index contributed by atoms with van der Waals surface area (Å²) in [6.07, 6.45) is 1.34. The molecule has 0 amide bonds. The Morgan fingerprint density at radius 2 is 1.75 bits per heavy atom. The van der Waals surface area contributed by atoms with Gasteiger partial charge >= 0.3 is 0 Å². The highest BCUT2D eigenvalue weighted by molar-refractivity contribution is 7.39. The van der Waals surface area contributed by atoms with Crippen LogP contribution in [0.15, 0.2) is 0 Å². The van der Waals surface area contributed by atoms with Crippen molar-refractivity contribution in [1.29, 1.82) is 0 Å². The summed E-state index contributed by atoms with van der Waals surface area (Å²) in [5.41, 5.74) is 1.86. The van der Waals surface area contributed by atoms with Crippen molar-refractivity contribution in [3.8, 4) is 0 Å². The monoisotopic (exact) mass is 132 g/mol. The molecule has 0 bridgehead atoms. The average molecular weight is 132 g/mol. The van der Waals surface area contributed by atoms with E-state index < -0.39 is 0 Å². The third kappa shape index (κ3) is 4.59. The van der Waals surface area contributed by atoms with Crippen molar-refractivity contribution in [2.75, 3.05) is 0 Å². The maximum absolute atomic E-state index is 2.33. The Labute approximate surface area is 54.8 Å². The molecule has 0 aliphatic rings. The smallest absolute Gasteiger partial charge is 0.0265 e. The SMILES string of the molecule is CCC(C)PC(C)C. The van der Waals surface area contributed by atoms with Crippen LogP contribution >= 0.6 is 8.58 Å². The van der Waals surface area contributed by atoms with Crippen molar-refractivity contribution in [1.82, 2.24) is 0 Å². The molecule has 2 unspecified atom stereocenters. The third-order valence-electron chi connectivity index (χ3n) is 1.23. The van der Waals surface area contributed by atoms with E-state index in [-0.39, 0.29) is 0 Å². The largest absolute Gasteiger partial charge is 0.117 e. The molecule has 50 valence electrons. The lowest BCUT2D eigenvalue weighted by atomic mass is 10.4. The van der Waals surface area contributed by atoms with Gasteiger partial charge in [0.05, 0.1) is 0 Å². The molecule has 0 saturated carbocycles. The second-order valence-electron chi connectivity index (χ2n) is 2.63. The summed E-state index contributed by atoms with van der Waals surface area (Å²) in [6.45, 7) is 9.19. The second-order valence-corrected chi connectivity index (χ2v) is 5.10. The van der Waals surface area contributed by atoms with E-state index in [2.05, 4.69) is 27.7 Å².